The Bertz CT molecular complexity index is 807. The van der Waals surface area contributed by atoms with Gasteiger partial charge in [0.25, 0.3) is 0 Å². The third kappa shape index (κ3) is 6.34. The van der Waals surface area contributed by atoms with Gasteiger partial charge in [0.15, 0.2) is 5.96 Å². The van der Waals surface area contributed by atoms with Crippen LogP contribution in [-0.4, -0.2) is 43.3 Å². The summed E-state index contributed by atoms with van der Waals surface area (Å²) in [7, 11) is 0. The molecule has 1 atom stereocenters. The molecule has 1 fully saturated rings. The molecule has 3 rings (SSSR count). The molecule has 1 unspecified atom stereocenters. The van der Waals surface area contributed by atoms with Gasteiger partial charge in [-0.05, 0) is 55.7 Å². The van der Waals surface area contributed by atoms with Gasteiger partial charge in [-0.1, -0.05) is 29.8 Å². The summed E-state index contributed by atoms with van der Waals surface area (Å²) >= 11 is 5.90. The maximum Gasteiger partial charge on any atom is 0.191 e. The van der Waals surface area contributed by atoms with Crippen molar-refractivity contribution in [3.05, 3.63) is 64.9 Å². The number of aliphatic hydroxyl groups excluding tert-OH is 1. The van der Waals surface area contributed by atoms with Crippen molar-refractivity contribution < 1.29 is 9.50 Å². The summed E-state index contributed by atoms with van der Waals surface area (Å²) in [6.45, 7) is 4.73. The van der Waals surface area contributed by atoms with Crippen molar-refractivity contribution in [2.75, 3.05) is 31.1 Å². The molecule has 0 spiro atoms. The number of nitrogens with zero attached hydrogens (tertiary/aromatic N) is 2. The largest absolute Gasteiger partial charge is 0.386 e. The van der Waals surface area contributed by atoms with E-state index in [1.807, 2.05) is 25.1 Å². The molecule has 0 aliphatic carbocycles. The van der Waals surface area contributed by atoms with Gasteiger partial charge in [-0.25, -0.2) is 4.39 Å². The minimum Gasteiger partial charge on any atom is -0.386 e. The van der Waals surface area contributed by atoms with Crippen molar-refractivity contribution >= 4 is 23.2 Å². The molecular formula is C22H28ClFN4O. The molecule has 2 aromatic carbocycles. The summed E-state index contributed by atoms with van der Waals surface area (Å²) in [4.78, 5) is 6.75. The van der Waals surface area contributed by atoms with E-state index in [1.165, 1.54) is 6.07 Å². The maximum atomic E-state index is 13.5. The Hall–Kier alpha value is -2.31. The summed E-state index contributed by atoms with van der Waals surface area (Å²) < 4.78 is 13.5. The van der Waals surface area contributed by atoms with E-state index in [1.54, 1.807) is 24.3 Å². The van der Waals surface area contributed by atoms with Crippen LogP contribution in [0.3, 0.4) is 0 Å². The second kappa shape index (κ2) is 10.5. The molecule has 0 saturated carbocycles. The van der Waals surface area contributed by atoms with Gasteiger partial charge in [-0.2, -0.15) is 0 Å². The minimum atomic E-state index is -0.683. The lowest BCUT2D eigenvalue weighted by Gasteiger charge is -2.34. The highest BCUT2D eigenvalue weighted by Gasteiger charge is 2.20. The normalized spacial score (nSPS) is 16.6. The van der Waals surface area contributed by atoms with E-state index >= 15 is 0 Å². The molecule has 0 radical (unpaired) electrons. The number of aliphatic imine (C=N–C) groups is 1. The zero-order valence-corrected chi connectivity index (χ0v) is 17.4. The van der Waals surface area contributed by atoms with Crippen LogP contribution >= 0.6 is 11.6 Å². The topological polar surface area (TPSA) is 59.9 Å². The number of anilines is 1. The molecule has 0 bridgehead atoms. The average molecular weight is 419 g/mol. The molecule has 7 heteroatoms. The molecule has 1 saturated heterocycles. The van der Waals surface area contributed by atoms with Gasteiger partial charge in [-0.3, -0.25) is 4.99 Å². The molecule has 2 aromatic rings. The zero-order chi connectivity index (χ0) is 20.6. The van der Waals surface area contributed by atoms with Gasteiger partial charge >= 0.3 is 0 Å². The number of piperidine rings is 1. The number of rotatable bonds is 6. The minimum absolute atomic E-state index is 0.205. The van der Waals surface area contributed by atoms with Crippen LogP contribution < -0.4 is 15.5 Å². The lowest BCUT2D eigenvalue weighted by molar-refractivity contribution is 0.187. The summed E-state index contributed by atoms with van der Waals surface area (Å²) in [6, 6.07) is 14.2. The van der Waals surface area contributed by atoms with Crippen LogP contribution in [0, 0.1) is 5.82 Å². The van der Waals surface area contributed by atoms with Crippen molar-refractivity contribution in [1.82, 2.24) is 10.6 Å². The molecule has 3 N–H and O–H groups in total. The van der Waals surface area contributed by atoms with Crippen LogP contribution in [0.2, 0.25) is 5.02 Å². The number of nitrogens with one attached hydrogen (secondary N) is 2. The monoisotopic (exact) mass is 418 g/mol. The van der Waals surface area contributed by atoms with Crippen molar-refractivity contribution in [2.24, 2.45) is 4.99 Å². The first kappa shape index (κ1) is 21.4. The Morgan fingerprint density at radius 1 is 1.24 bits per heavy atom. The SMILES string of the molecule is CCNC(=NCC(O)c1ccc(Cl)cc1)NC1CCN(c2cccc(F)c2)CC1. The Balaban J connectivity index is 1.53. The van der Waals surface area contributed by atoms with Crippen molar-refractivity contribution in [2.45, 2.75) is 31.9 Å². The van der Waals surface area contributed by atoms with Gasteiger partial charge in [0.1, 0.15) is 5.82 Å². The van der Waals surface area contributed by atoms with E-state index in [2.05, 4.69) is 20.5 Å². The third-order valence-electron chi connectivity index (χ3n) is 5.03. The number of benzene rings is 2. The third-order valence-corrected chi connectivity index (χ3v) is 5.28. The molecule has 156 valence electrons. The molecule has 1 heterocycles. The van der Waals surface area contributed by atoms with E-state index in [0.717, 1.165) is 43.7 Å². The fraction of sp³-hybridized carbons (Fsp3) is 0.409. The number of hydrogen-bond acceptors (Lipinski definition) is 3. The van der Waals surface area contributed by atoms with Gasteiger partial charge in [0.05, 0.1) is 12.6 Å². The van der Waals surface area contributed by atoms with E-state index in [0.29, 0.717) is 11.0 Å². The van der Waals surface area contributed by atoms with E-state index in [9.17, 15) is 9.50 Å². The Morgan fingerprint density at radius 2 is 1.97 bits per heavy atom. The first-order valence-corrected chi connectivity index (χ1v) is 10.4. The van der Waals surface area contributed by atoms with Crippen LogP contribution in [0.1, 0.15) is 31.4 Å². The van der Waals surface area contributed by atoms with Crippen molar-refractivity contribution in [1.29, 1.82) is 0 Å². The summed E-state index contributed by atoms with van der Waals surface area (Å²) in [5, 5.41) is 17.7. The fourth-order valence-corrected chi connectivity index (χ4v) is 3.56. The molecule has 29 heavy (non-hydrogen) atoms. The predicted octanol–water partition coefficient (Wildman–Crippen LogP) is 3.74. The molecule has 5 nitrogen and oxygen atoms in total. The van der Waals surface area contributed by atoms with Crippen LogP contribution in [-0.2, 0) is 0 Å². The Kier molecular flexibility index (Phi) is 7.72. The Morgan fingerprint density at radius 3 is 2.62 bits per heavy atom. The summed E-state index contributed by atoms with van der Waals surface area (Å²) in [5.41, 5.74) is 1.72. The fourth-order valence-electron chi connectivity index (χ4n) is 3.44. The molecule has 1 aliphatic heterocycles. The smallest absolute Gasteiger partial charge is 0.191 e. The highest BCUT2D eigenvalue weighted by molar-refractivity contribution is 6.30. The van der Waals surface area contributed by atoms with Gasteiger partial charge in [0, 0.05) is 36.4 Å². The second-order valence-corrected chi connectivity index (χ2v) is 7.61. The first-order chi connectivity index (χ1) is 14.0. The molecular weight excluding hydrogens is 391 g/mol. The standard InChI is InChI=1S/C22H28ClFN4O/c1-2-25-22(26-15-21(29)16-6-8-17(23)9-7-16)27-19-10-12-28(13-11-19)20-5-3-4-18(24)14-20/h3-9,14,19,21,29H,2,10-13,15H2,1H3,(H2,25,26,27). The lowest BCUT2D eigenvalue weighted by Crippen LogP contribution is -2.48. The van der Waals surface area contributed by atoms with Gasteiger partial charge in [0.2, 0.25) is 0 Å². The van der Waals surface area contributed by atoms with Gasteiger partial charge < -0.3 is 20.6 Å². The van der Waals surface area contributed by atoms with E-state index in [4.69, 9.17) is 11.6 Å². The number of hydrogen-bond donors (Lipinski definition) is 3. The number of guanidine groups is 1. The van der Waals surface area contributed by atoms with E-state index < -0.39 is 6.10 Å². The highest BCUT2D eigenvalue weighted by Crippen LogP contribution is 2.21. The molecule has 0 aromatic heterocycles. The highest BCUT2D eigenvalue weighted by atomic mass is 35.5. The zero-order valence-electron chi connectivity index (χ0n) is 16.6. The lowest BCUT2D eigenvalue weighted by atomic mass is 10.0. The number of aliphatic hydroxyl groups is 1. The average Bonchev–Trinajstić information content (AvgIpc) is 2.73. The van der Waals surface area contributed by atoms with Crippen LogP contribution in [0.25, 0.3) is 0 Å². The first-order valence-electron chi connectivity index (χ1n) is 10.0. The van der Waals surface area contributed by atoms with E-state index in [-0.39, 0.29) is 18.4 Å². The maximum absolute atomic E-state index is 13.5. The van der Waals surface area contributed by atoms with Gasteiger partial charge in [-0.15, -0.1) is 0 Å². The van der Waals surface area contributed by atoms with Crippen molar-refractivity contribution in [3.8, 4) is 0 Å². The summed E-state index contributed by atoms with van der Waals surface area (Å²) in [5.74, 6) is 0.494. The van der Waals surface area contributed by atoms with Crippen molar-refractivity contribution in [3.63, 3.8) is 0 Å². The van der Waals surface area contributed by atoms with Crippen LogP contribution in [0.5, 0.6) is 0 Å². The predicted molar refractivity (Wildman–Crippen MR) is 117 cm³/mol. The quantitative estimate of drug-likeness (QED) is 0.494. The Labute approximate surface area is 176 Å². The van der Waals surface area contributed by atoms with Crippen LogP contribution in [0.15, 0.2) is 53.5 Å². The second-order valence-electron chi connectivity index (χ2n) is 7.17. The summed E-state index contributed by atoms with van der Waals surface area (Å²) in [6.07, 6.45) is 1.18. The molecule has 1 aliphatic rings. The molecule has 0 amide bonds. The number of halogens is 2. The van der Waals surface area contributed by atoms with Crippen LogP contribution in [0.4, 0.5) is 10.1 Å².